The number of nitrogens with one attached hydrogen (secondary N) is 2. The normalized spacial score (nSPS) is 13.2. The van der Waals surface area contributed by atoms with Crippen molar-refractivity contribution in [3.8, 4) is 5.75 Å². The Kier molecular flexibility index (Phi) is 9.84. The Bertz CT molecular complexity index is 1230. The first-order valence-corrected chi connectivity index (χ1v) is 12.0. The molecule has 0 heterocycles. The van der Waals surface area contributed by atoms with Crippen LogP contribution >= 0.6 is 0 Å². The summed E-state index contributed by atoms with van der Waals surface area (Å²) in [4.78, 5) is 12.2. The summed E-state index contributed by atoms with van der Waals surface area (Å²) in [5.74, 6) is -1.30. The molecular weight excluding hydrogens is 504 g/mol. The van der Waals surface area contributed by atoms with E-state index in [1.807, 2.05) is 19.1 Å². The van der Waals surface area contributed by atoms with Crippen LogP contribution in [0.4, 0.5) is 17.6 Å². The standard InChI is InChI=1S/C28H30F4N2O4/c1-17(33-15-26(37)20-6-9-25(36)22(12-20)16-35)10-18-2-4-19(5-3-18)11-27(38)34-14-21-13-23(28(30,31)32)7-8-24(21)29/h2-9,12-13,17,26,33,35-37H,10-11,14-16H2,1H3,(H,34,38)/t17-,26+/m1/s1. The van der Waals surface area contributed by atoms with Gasteiger partial charge in [-0.15, -0.1) is 0 Å². The summed E-state index contributed by atoms with van der Waals surface area (Å²) in [6, 6.07) is 13.9. The monoisotopic (exact) mass is 534 g/mol. The molecule has 3 aromatic carbocycles. The number of halogens is 4. The number of aromatic hydroxyl groups is 1. The minimum atomic E-state index is -4.60. The van der Waals surface area contributed by atoms with Gasteiger partial charge in [0.1, 0.15) is 11.6 Å². The third-order valence-electron chi connectivity index (χ3n) is 6.10. The molecule has 10 heteroatoms. The highest BCUT2D eigenvalue weighted by atomic mass is 19.4. The highest BCUT2D eigenvalue weighted by Gasteiger charge is 2.31. The van der Waals surface area contributed by atoms with E-state index < -0.39 is 29.6 Å². The fraction of sp³-hybridized carbons (Fsp3) is 0.321. The van der Waals surface area contributed by atoms with Crippen molar-refractivity contribution in [3.63, 3.8) is 0 Å². The van der Waals surface area contributed by atoms with E-state index in [-0.39, 0.29) is 43.5 Å². The van der Waals surface area contributed by atoms with Crippen molar-refractivity contribution in [1.82, 2.24) is 10.6 Å². The maximum Gasteiger partial charge on any atom is 0.416 e. The van der Waals surface area contributed by atoms with E-state index in [1.165, 1.54) is 6.07 Å². The molecule has 0 aromatic heterocycles. The van der Waals surface area contributed by atoms with E-state index in [9.17, 15) is 37.7 Å². The van der Waals surface area contributed by atoms with Crippen LogP contribution in [-0.4, -0.2) is 33.8 Å². The molecule has 1 amide bonds. The molecule has 0 aliphatic rings. The van der Waals surface area contributed by atoms with Gasteiger partial charge in [0.2, 0.25) is 5.91 Å². The van der Waals surface area contributed by atoms with E-state index in [0.29, 0.717) is 35.2 Å². The lowest BCUT2D eigenvalue weighted by Gasteiger charge is -2.18. The lowest BCUT2D eigenvalue weighted by atomic mass is 10.0. The number of aliphatic hydroxyl groups excluding tert-OH is 2. The van der Waals surface area contributed by atoms with Gasteiger partial charge in [0.25, 0.3) is 0 Å². The Hall–Kier alpha value is -3.47. The number of phenols is 1. The maximum atomic E-state index is 13.9. The Morgan fingerprint density at radius 1 is 0.974 bits per heavy atom. The topological polar surface area (TPSA) is 102 Å². The van der Waals surface area contributed by atoms with Gasteiger partial charge in [-0.25, -0.2) is 4.39 Å². The Balaban J connectivity index is 1.46. The fourth-order valence-corrected chi connectivity index (χ4v) is 3.92. The molecule has 0 unspecified atom stereocenters. The molecule has 0 saturated carbocycles. The van der Waals surface area contributed by atoms with Crippen LogP contribution in [0.15, 0.2) is 60.7 Å². The molecule has 5 N–H and O–H groups in total. The van der Waals surface area contributed by atoms with Gasteiger partial charge in [0, 0.05) is 30.3 Å². The lowest BCUT2D eigenvalue weighted by molar-refractivity contribution is -0.137. The maximum absolute atomic E-state index is 13.9. The summed E-state index contributed by atoms with van der Waals surface area (Å²) in [6.45, 7) is 1.54. The van der Waals surface area contributed by atoms with Crippen LogP contribution < -0.4 is 10.6 Å². The second-order valence-corrected chi connectivity index (χ2v) is 9.15. The van der Waals surface area contributed by atoms with Crippen LogP contribution in [0.3, 0.4) is 0 Å². The predicted octanol–water partition coefficient (Wildman–Crippen LogP) is 4.16. The molecule has 3 rings (SSSR count). The molecule has 0 fully saturated rings. The van der Waals surface area contributed by atoms with Crippen LogP contribution in [0.25, 0.3) is 0 Å². The smallest absolute Gasteiger partial charge is 0.416 e. The summed E-state index contributed by atoms with van der Waals surface area (Å²) in [5, 5.41) is 35.0. The summed E-state index contributed by atoms with van der Waals surface area (Å²) < 4.78 is 52.4. The number of carbonyl (C=O) groups excluding carboxylic acids is 1. The van der Waals surface area contributed by atoms with E-state index in [4.69, 9.17) is 0 Å². The second kappa shape index (κ2) is 12.9. The lowest BCUT2D eigenvalue weighted by Crippen LogP contribution is -2.32. The van der Waals surface area contributed by atoms with E-state index in [2.05, 4.69) is 10.6 Å². The van der Waals surface area contributed by atoms with Crippen molar-refractivity contribution in [2.24, 2.45) is 0 Å². The third kappa shape index (κ3) is 8.27. The molecule has 3 aromatic rings. The molecular formula is C28H30F4N2O4. The van der Waals surface area contributed by atoms with Crippen molar-refractivity contribution in [1.29, 1.82) is 0 Å². The zero-order chi connectivity index (χ0) is 27.9. The van der Waals surface area contributed by atoms with Gasteiger partial charge >= 0.3 is 6.18 Å². The minimum Gasteiger partial charge on any atom is -0.508 e. The zero-order valence-corrected chi connectivity index (χ0v) is 20.7. The molecule has 0 bridgehead atoms. The SMILES string of the molecule is C[C@H](Cc1ccc(CC(=O)NCc2cc(C(F)(F)F)ccc2F)cc1)NC[C@H](O)c1ccc(O)c(CO)c1. The molecule has 0 radical (unpaired) electrons. The fourth-order valence-electron chi connectivity index (χ4n) is 3.92. The first-order chi connectivity index (χ1) is 18.0. The Labute approximate surface area is 218 Å². The van der Waals surface area contributed by atoms with Crippen molar-refractivity contribution in [3.05, 3.63) is 99.9 Å². The van der Waals surface area contributed by atoms with Gasteiger partial charge < -0.3 is 26.0 Å². The van der Waals surface area contributed by atoms with Crippen LogP contribution in [0.5, 0.6) is 5.75 Å². The number of benzene rings is 3. The van der Waals surface area contributed by atoms with Crippen molar-refractivity contribution in [2.45, 2.75) is 51.2 Å². The van der Waals surface area contributed by atoms with Crippen LogP contribution in [0.1, 0.15) is 46.4 Å². The molecule has 6 nitrogen and oxygen atoms in total. The van der Waals surface area contributed by atoms with Gasteiger partial charge in [-0.3, -0.25) is 4.79 Å². The molecule has 0 spiro atoms. The molecule has 0 aliphatic heterocycles. The van der Waals surface area contributed by atoms with Crippen molar-refractivity contribution >= 4 is 5.91 Å². The van der Waals surface area contributed by atoms with Crippen LogP contribution in [-0.2, 0) is 37.0 Å². The van der Waals surface area contributed by atoms with Gasteiger partial charge in [0.15, 0.2) is 0 Å². The van der Waals surface area contributed by atoms with Gasteiger partial charge in [-0.2, -0.15) is 13.2 Å². The summed E-state index contributed by atoms with van der Waals surface area (Å²) >= 11 is 0. The molecule has 38 heavy (non-hydrogen) atoms. The highest BCUT2D eigenvalue weighted by Crippen LogP contribution is 2.30. The first-order valence-electron chi connectivity index (χ1n) is 12.0. The number of amides is 1. The Morgan fingerprint density at radius 3 is 2.32 bits per heavy atom. The van der Waals surface area contributed by atoms with E-state index in [1.54, 1.807) is 24.3 Å². The number of alkyl halides is 3. The number of hydrogen-bond acceptors (Lipinski definition) is 5. The summed E-state index contributed by atoms with van der Waals surface area (Å²) in [7, 11) is 0. The number of rotatable bonds is 11. The summed E-state index contributed by atoms with van der Waals surface area (Å²) in [5.41, 5.74) is 1.37. The molecule has 204 valence electrons. The number of aliphatic hydroxyl groups is 2. The predicted molar refractivity (Wildman–Crippen MR) is 134 cm³/mol. The molecule has 0 aliphatic carbocycles. The van der Waals surface area contributed by atoms with Crippen LogP contribution in [0, 0.1) is 5.82 Å². The van der Waals surface area contributed by atoms with Gasteiger partial charge in [0.05, 0.1) is 24.7 Å². The minimum absolute atomic E-state index is 0.00980. The average Bonchev–Trinajstić information content (AvgIpc) is 2.87. The number of hydrogen-bond donors (Lipinski definition) is 5. The van der Waals surface area contributed by atoms with Crippen LogP contribution in [0.2, 0.25) is 0 Å². The van der Waals surface area contributed by atoms with E-state index in [0.717, 1.165) is 11.6 Å². The largest absolute Gasteiger partial charge is 0.508 e. The second-order valence-electron chi connectivity index (χ2n) is 9.15. The van der Waals surface area contributed by atoms with Gasteiger partial charge in [-0.1, -0.05) is 30.3 Å². The zero-order valence-electron chi connectivity index (χ0n) is 20.7. The average molecular weight is 535 g/mol. The highest BCUT2D eigenvalue weighted by molar-refractivity contribution is 5.78. The van der Waals surface area contributed by atoms with Crippen molar-refractivity contribution in [2.75, 3.05) is 6.54 Å². The summed E-state index contributed by atoms with van der Waals surface area (Å²) in [6.07, 6.45) is -4.79. The molecule has 0 saturated heterocycles. The number of carbonyl (C=O) groups is 1. The quantitative estimate of drug-likeness (QED) is 0.238. The molecule has 2 atom stereocenters. The van der Waals surface area contributed by atoms with Crippen molar-refractivity contribution < 1.29 is 37.7 Å². The third-order valence-corrected chi connectivity index (χ3v) is 6.10. The van der Waals surface area contributed by atoms with Gasteiger partial charge in [-0.05, 0) is 60.4 Å². The van der Waals surface area contributed by atoms with E-state index >= 15 is 0 Å². The first kappa shape index (κ1) is 29.1. The Morgan fingerprint density at radius 2 is 1.66 bits per heavy atom.